The number of thiophene rings is 1. The van der Waals surface area contributed by atoms with Crippen molar-refractivity contribution in [2.45, 2.75) is 44.2 Å². The maximum Gasteiger partial charge on any atom is 0.188 e. The van der Waals surface area contributed by atoms with Gasteiger partial charge < -0.3 is 16.2 Å². The monoisotopic (exact) mass is 395 g/mol. The van der Waals surface area contributed by atoms with E-state index < -0.39 is 5.60 Å². The second-order valence-electron chi connectivity index (χ2n) is 5.11. The van der Waals surface area contributed by atoms with E-state index in [4.69, 9.17) is 5.73 Å². The largest absolute Gasteiger partial charge is 0.383 e. The minimum Gasteiger partial charge on any atom is -0.383 e. The summed E-state index contributed by atoms with van der Waals surface area (Å²) in [6, 6.07) is 2.38. The summed E-state index contributed by atoms with van der Waals surface area (Å²) in [5.41, 5.74) is 5.80. The van der Waals surface area contributed by atoms with E-state index in [0.29, 0.717) is 12.0 Å². The Morgan fingerprint density at radius 3 is 2.84 bits per heavy atom. The van der Waals surface area contributed by atoms with E-state index >= 15 is 0 Å². The van der Waals surface area contributed by atoms with E-state index in [2.05, 4.69) is 10.3 Å². The maximum atomic E-state index is 10.3. The first-order chi connectivity index (χ1) is 8.58. The summed E-state index contributed by atoms with van der Waals surface area (Å²) in [4.78, 5) is 4.25. The van der Waals surface area contributed by atoms with Gasteiger partial charge in [-0.3, -0.25) is 4.99 Å². The molecule has 0 bridgehead atoms. The lowest BCUT2D eigenvalue weighted by atomic mass is 10.00. The number of aliphatic imine (C=N–C) groups is 1. The third kappa shape index (κ3) is 4.92. The molecule has 19 heavy (non-hydrogen) atoms. The van der Waals surface area contributed by atoms with Crippen molar-refractivity contribution in [1.29, 1.82) is 0 Å². The van der Waals surface area contributed by atoms with Crippen LogP contribution in [0.3, 0.4) is 0 Å². The topological polar surface area (TPSA) is 70.6 Å². The fourth-order valence-electron chi connectivity index (χ4n) is 2.23. The number of hydrogen-bond acceptors (Lipinski definition) is 3. The number of aliphatic hydroxyl groups is 1. The fourth-order valence-corrected chi connectivity index (χ4v) is 3.01. The third-order valence-corrected chi connectivity index (χ3v) is 4.09. The molecule has 1 saturated carbocycles. The van der Waals surface area contributed by atoms with Crippen molar-refractivity contribution in [3.05, 3.63) is 22.4 Å². The van der Waals surface area contributed by atoms with Crippen LogP contribution in [0, 0.1) is 0 Å². The van der Waals surface area contributed by atoms with Crippen molar-refractivity contribution in [3.8, 4) is 0 Å². The zero-order valence-electron chi connectivity index (χ0n) is 11.1. The van der Waals surface area contributed by atoms with Crippen LogP contribution < -0.4 is 11.1 Å². The molecule has 1 fully saturated rings. The summed E-state index contributed by atoms with van der Waals surface area (Å²) in [6.45, 7) is 2.05. The van der Waals surface area contributed by atoms with Crippen LogP contribution in [0.25, 0.3) is 0 Å². The molecule has 0 spiro atoms. The molecule has 1 aromatic rings. The van der Waals surface area contributed by atoms with Crippen molar-refractivity contribution in [1.82, 2.24) is 5.32 Å². The molecule has 4 nitrogen and oxygen atoms in total. The lowest BCUT2D eigenvalue weighted by molar-refractivity contribution is 0.0677. The molecule has 0 amide bonds. The minimum atomic E-state index is -0.942. The second-order valence-corrected chi connectivity index (χ2v) is 5.89. The van der Waals surface area contributed by atoms with Gasteiger partial charge in [-0.25, -0.2) is 0 Å². The van der Waals surface area contributed by atoms with Crippen LogP contribution in [0.5, 0.6) is 0 Å². The van der Waals surface area contributed by atoms with Crippen molar-refractivity contribution in [2.75, 3.05) is 6.54 Å². The standard InChI is InChI=1S/C13H21N3OS.HI/c1-13(17,10-6-7-18-8-10)9-15-12(14)16-11-4-2-3-5-11;/h6-8,11,17H,2-5,9H2,1H3,(H3,14,15,16);1H. The van der Waals surface area contributed by atoms with Gasteiger partial charge in [0.25, 0.3) is 0 Å². The van der Waals surface area contributed by atoms with Gasteiger partial charge in [-0.15, -0.1) is 24.0 Å². The molecule has 1 atom stereocenters. The fraction of sp³-hybridized carbons (Fsp3) is 0.615. The molecule has 0 aromatic carbocycles. The Labute approximate surface area is 135 Å². The summed E-state index contributed by atoms with van der Waals surface area (Å²) in [5, 5.41) is 17.4. The van der Waals surface area contributed by atoms with Gasteiger partial charge in [-0.1, -0.05) is 12.8 Å². The van der Waals surface area contributed by atoms with Crippen molar-refractivity contribution in [2.24, 2.45) is 10.7 Å². The predicted molar refractivity (Wildman–Crippen MR) is 91.2 cm³/mol. The zero-order chi connectivity index (χ0) is 13.0. The summed E-state index contributed by atoms with van der Waals surface area (Å²) in [5.74, 6) is 0.442. The van der Waals surface area contributed by atoms with Crippen LogP contribution in [-0.4, -0.2) is 23.7 Å². The molecule has 1 heterocycles. The van der Waals surface area contributed by atoms with Gasteiger partial charge in [-0.05, 0) is 42.2 Å². The first kappa shape index (κ1) is 16.7. The minimum absolute atomic E-state index is 0. The van der Waals surface area contributed by atoms with Gasteiger partial charge in [0.15, 0.2) is 5.96 Å². The van der Waals surface area contributed by atoms with Crippen molar-refractivity contribution < 1.29 is 5.11 Å². The quantitative estimate of drug-likeness (QED) is 0.417. The van der Waals surface area contributed by atoms with Crippen LogP contribution in [0.4, 0.5) is 0 Å². The molecule has 0 saturated heterocycles. The van der Waals surface area contributed by atoms with Crippen molar-refractivity contribution in [3.63, 3.8) is 0 Å². The highest BCUT2D eigenvalue weighted by Gasteiger charge is 2.23. The lowest BCUT2D eigenvalue weighted by Crippen LogP contribution is -2.39. The molecule has 0 aliphatic heterocycles. The first-order valence-electron chi connectivity index (χ1n) is 6.39. The Bertz CT molecular complexity index is 400. The van der Waals surface area contributed by atoms with Crippen LogP contribution >= 0.6 is 35.3 Å². The molecular formula is C13H22IN3OS. The van der Waals surface area contributed by atoms with Gasteiger partial charge in [0.05, 0.1) is 6.54 Å². The van der Waals surface area contributed by atoms with Gasteiger partial charge in [0, 0.05) is 6.04 Å². The lowest BCUT2D eigenvalue weighted by Gasteiger charge is -2.20. The Morgan fingerprint density at radius 2 is 2.26 bits per heavy atom. The Morgan fingerprint density at radius 1 is 1.58 bits per heavy atom. The molecule has 1 aliphatic rings. The summed E-state index contributed by atoms with van der Waals surface area (Å²) >= 11 is 1.57. The maximum absolute atomic E-state index is 10.3. The van der Waals surface area contributed by atoms with Gasteiger partial charge in [-0.2, -0.15) is 11.3 Å². The number of nitrogens with zero attached hydrogens (tertiary/aromatic N) is 1. The number of nitrogens with one attached hydrogen (secondary N) is 1. The number of hydrogen-bond donors (Lipinski definition) is 3. The molecule has 1 aromatic heterocycles. The van der Waals surface area contributed by atoms with Crippen LogP contribution in [0.2, 0.25) is 0 Å². The molecule has 2 rings (SSSR count). The highest BCUT2D eigenvalue weighted by atomic mass is 127. The molecule has 1 unspecified atom stereocenters. The van der Waals surface area contributed by atoms with Gasteiger partial charge in [0.2, 0.25) is 0 Å². The third-order valence-electron chi connectivity index (χ3n) is 3.41. The van der Waals surface area contributed by atoms with Crippen LogP contribution in [0.1, 0.15) is 38.2 Å². The number of nitrogens with two attached hydrogens (primary N) is 1. The zero-order valence-corrected chi connectivity index (χ0v) is 14.3. The SMILES string of the molecule is CC(O)(CN=C(N)NC1CCCC1)c1ccsc1.I. The average molecular weight is 395 g/mol. The van der Waals surface area contributed by atoms with E-state index in [-0.39, 0.29) is 30.5 Å². The Kier molecular flexibility index (Phi) is 6.55. The van der Waals surface area contributed by atoms with E-state index in [0.717, 1.165) is 18.4 Å². The Hall–Kier alpha value is -0.340. The molecule has 4 N–H and O–H groups in total. The van der Waals surface area contributed by atoms with Crippen LogP contribution in [-0.2, 0) is 5.60 Å². The summed E-state index contributed by atoms with van der Waals surface area (Å²) in [6.07, 6.45) is 4.85. The summed E-state index contributed by atoms with van der Waals surface area (Å²) < 4.78 is 0. The normalized spacial score (nSPS) is 19.8. The van der Waals surface area contributed by atoms with E-state index in [1.54, 1.807) is 18.3 Å². The number of guanidine groups is 1. The average Bonchev–Trinajstić information content (AvgIpc) is 2.99. The predicted octanol–water partition coefficient (Wildman–Crippen LogP) is 2.42. The smallest absolute Gasteiger partial charge is 0.188 e. The molecular weight excluding hydrogens is 373 g/mol. The van der Waals surface area contributed by atoms with E-state index in [9.17, 15) is 5.11 Å². The van der Waals surface area contributed by atoms with E-state index in [1.807, 2.05) is 16.8 Å². The van der Waals surface area contributed by atoms with Crippen molar-refractivity contribution >= 4 is 41.3 Å². The highest BCUT2D eigenvalue weighted by molar-refractivity contribution is 14.0. The molecule has 108 valence electrons. The van der Waals surface area contributed by atoms with E-state index in [1.165, 1.54) is 12.8 Å². The molecule has 0 radical (unpaired) electrons. The van der Waals surface area contributed by atoms with Gasteiger partial charge >= 0.3 is 0 Å². The van der Waals surface area contributed by atoms with Gasteiger partial charge in [0.1, 0.15) is 5.60 Å². The molecule has 1 aliphatic carbocycles. The number of halogens is 1. The second kappa shape index (κ2) is 7.44. The summed E-state index contributed by atoms with van der Waals surface area (Å²) in [7, 11) is 0. The first-order valence-corrected chi connectivity index (χ1v) is 7.34. The Balaban J connectivity index is 0.00000180. The molecule has 6 heteroatoms. The van der Waals surface area contributed by atoms with Crippen LogP contribution in [0.15, 0.2) is 21.8 Å². The highest BCUT2D eigenvalue weighted by Crippen LogP contribution is 2.23. The number of rotatable bonds is 4.